The van der Waals surface area contributed by atoms with Gasteiger partial charge in [0.1, 0.15) is 5.75 Å². The second-order valence-corrected chi connectivity index (χ2v) is 6.67. The van der Waals surface area contributed by atoms with Crippen LogP contribution in [0.3, 0.4) is 0 Å². The second kappa shape index (κ2) is 8.67. The number of amides is 1. The van der Waals surface area contributed by atoms with E-state index in [-0.39, 0.29) is 5.91 Å². The van der Waals surface area contributed by atoms with Crippen LogP contribution in [-0.4, -0.2) is 18.2 Å². The minimum atomic E-state index is -0.655. The maximum Gasteiger partial charge on any atom is 0.280 e. The molecule has 1 N–H and O–H groups in total. The molecule has 132 valence electrons. The number of nitrogens with one attached hydrogen (secondary N) is 1. The summed E-state index contributed by atoms with van der Waals surface area (Å²) in [5.41, 5.74) is 5.46. The third kappa shape index (κ3) is 5.61. The zero-order chi connectivity index (χ0) is 18.4. The summed E-state index contributed by atoms with van der Waals surface area (Å²) in [6.45, 7) is 7.90. The van der Waals surface area contributed by atoms with Crippen molar-refractivity contribution in [2.24, 2.45) is 5.10 Å². The maximum atomic E-state index is 12.2. The van der Waals surface area contributed by atoms with Crippen LogP contribution >= 0.6 is 11.6 Å². The first-order valence-corrected chi connectivity index (χ1v) is 8.60. The average Bonchev–Trinajstić information content (AvgIpc) is 2.56. The van der Waals surface area contributed by atoms with Gasteiger partial charge >= 0.3 is 0 Å². The summed E-state index contributed by atoms with van der Waals surface area (Å²) in [6.07, 6.45) is 0.888. The van der Waals surface area contributed by atoms with Crippen molar-refractivity contribution in [1.29, 1.82) is 0 Å². The minimum Gasteiger partial charge on any atom is -0.481 e. The number of hydrogen-bond acceptors (Lipinski definition) is 3. The number of nitrogens with zero attached hydrogens (tertiary/aromatic N) is 1. The number of ether oxygens (including phenoxy) is 1. The van der Waals surface area contributed by atoms with Crippen molar-refractivity contribution in [3.8, 4) is 5.75 Å². The number of rotatable bonds is 6. The Bertz CT molecular complexity index is 772. The predicted molar refractivity (Wildman–Crippen MR) is 103 cm³/mol. The Morgan fingerprint density at radius 2 is 1.96 bits per heavy atom. The summed E-state index contributed by atoms with van der Waals surface area (Å²) >= 11 is 5.91. The zero-order valence-electron chi connectivity index (χ0n) is 14.9. The molecule has 2 rings (SSSR count). The zero-order valence-corrected chi connectivity index (χ0v) is 15.7. The van der Waals surface area contributed by atoms with Gasteiger partial charge in [0.25, 0.3) is 5.91 Å². The van der Waals surface area contributed by atoms with Gasteiger partial charge in [-0.1, -0.05) is 49.7 Å². The van der Waals surface area contributed by atoms with Crippen LogP contribution in [0, 0.1) is 6.92 Å². The molecule has 1 atom stereocenters. The normalized spacial score (nSPS) is 12.4. The molecule has 1 unspecified atom stereocenters. The third-order valence-electron chi connectivity index (χ3n) is 3.79. The molecule has 2 aromatic carbocycles. The number of hydrazone groups is 1. The lowest BCUT2D eigenvalue weighted by Crippen LogP contribution is -2.33. The van der Waals surface area contributed by atoms with Crippen molar-refractivity contribution in [1.82, 2.24) is 5.43 Å². The molecule has 0 saturated carbocycles. The first-order chi connectivity index (χ1) is 11.9. The van der Waals surface area contributed by atoms with E-state index in [4.69, 9.17) is 16.3 Å². The molecule has 0 radical (unpaired) electrons. The van der Waals surface area contributed by atoms with Gasteiger partial charge in [0.15, 0.2) is 6.10 Å². The molecule has 1 amide bonds. The summed E-state index contributed by atoms with van der Waals surface area (Å²) in [7, 11) is 0. The van der Waals surface area contributed by atoms with E-state index in [9.17, 15) is 4.79 Å². The Labute approximate surface area is 153 Å². The van der Waals surface area contributed by atoms with Crippen LogP contribution in [0.5, 0.6) is 5.75 Å². The third-order valence-corrected chi connectivity index (χ3v) is 4.02. The lowest BCUT2D eigenvalue weighted by molar-refractivity contribution is -0.127. The highest BCUT2D eigenvalue weighted by molar-refractivity contribution is 6.30. The number of aryl methyl sites for hydroxylation is 1. The quantitative estimate of drug-likeness (QED) is 0.601. The van der Waals surface area contributed by atoms with Crippen LogP contribution < -0.4 is 10.2 Å². The smallest absolute Gasteiger partial charge is 0.280 e. The largest absolute Gasteiger partial charge is 0.481 e. The Morgan fingerprint density at radius 3 is 2.64 bits per heavy atom. The van der Waals surface area contributed by atoms with Gasteiger partial charge in [-0.15, -0.1) is 0 Å². The van der Waals surface area contributed by atoms with Gasteiger partial charge in [-0.3, -0.25) is 4.79 Å². The highest BCUT2D eigenvalue weighted by Gasteiger charge is 2.15. The van der Waals surface area contributed by atoms with E-state index >= 15 is 0 Å². The van der Waals surface area contributed by atoms with E-state index in [0.29, 0.717) is 16.7 Å². The molecule has 4 nitrogen and oxygen atoms in total. The molecule has 5 heteroatoms. The summed E-state index contributed by atoms with van der Waals surface area (Å²) < 4.78 is 5.81. The molecule has 25 heavy (non-hydrogen) atoms. The summed E-state index contributed by atoms with van der Waals surface area (Å²) in [4.78, 5) is 12.2. The Balaban J connectivity index is 1.97. The van der Waals surface area contributed by atoms with E-state index < -0.39 is 6.10 Å². The highest BCUT2D eigenvalue weighted by atomic mass is 35.5. The molecule has 0 heterocycles. The molecule has 0 aliphatic carbocycles. The molecule has 0 bridgehead atoms. The van der Waals surface area contributed by atoms with Crippen LogP contribution in [-0.2, 0) is 4.79 Å². The number of carbonyl (C=O) groups excluding carboxylic acids is 1. The van der Waals surface area contributed by atoms with Gasteiger partial charge < -0.3 is 4.74 Å². The van der Waals surface area contributed by atoms with Gasteiger partial charge in [-0.2, -0.15) is 5.10 Å². The molecule has 2 aromatic rings. The first-order valence-electron chi connectivity index (χ1n) is 8.22. The molecular weight excluding hydrogens is 336 g/mol. The summed E-state index contributed by atoms with van der Waals surface area (Å²) in [6, 6.07) is 13.3. The predicted octanol–water partition coefficient (Wildman–Crippen LogP) is 4.69. The van der Waals surface area contributed by atoms with Crippen molar-refractivity contribution in [2.45, 2.75) is 39.7 Å². The maximum absolute atomic E-state index is 12.2. The van der Waals surface area contributed by atoms with E-state index in [0.717, 1.165) is 11.1 Å². The highest BCUT2D eigenvalue weighted by Crippen LogP contribution is 2.25. The van der Waals surface area contributed by atoms with Crippen LogP contribution in [0.25, 0.3) is 0 Å². The monoisotopic (exact) mass is 358 g/mol. The lowest BCUT2D eigenvalue weighted by atomic mass is 10.0. The Kier molecular flexibility index (Phi) is 6.59. The van der Waals surface area contributed by atoms with Crippen LogP contribution in [0.4, 0.5) is 0 Å². The molecule has 0 spiro atoms. The van der Waals surface area contributed by atoms with Gasteiger partial charge in [-0.05, 0) is 54.7 Å². The first kappa shape index (κ1) is 19.0. The molecular formula is C20H23ClN2O2. The number of halogens is 1. The lowest BCUT2D eigenvalue weighted by Gasteiger charge is -2.16. The Morgan fingerprint density at radius 1 is 1.20 bits per heavy atom. The van der Waals surface area contributed by atoms with Crippen molar-refractivity contribution in [3.05, 3.63) is 64.2 Å². The van der Waals surface area contributed by atoms with Crippen LogP contribution in [0.1, 0.15) is 43.4 Å². The molecule has 0 aromatic heterocycles. The van der Waals surface area contributed by atoms with Crippen LogP contribution in [0.2, 0.25) is 5.02 Å². The van der Waals surface area contributed by atoms with Gasteiger partial charge in [0.2, 0.25) is 0 Å². The van der Waals surface area contributed by atoms with E-state index in [1.54, 1.807) is 25.3 Å². The fraction of sp³-hybridized carbons (Fsp3) is 0.300. The standard InChI is InChI=1S/C20H23ClN2O2/c1-13(2)17-9-8-14(3)19(11-17)25-15(4)20(24)23-22-12-16-6-5-7-18(21)10-16/h5-13,15H,1-4H3,(H,23,24). The molecule has 0 fully saturated rings. The van der Waals surface area contributed by atoms with Gasteiger partial charge in [0, 0.05) is 5.02 Å². The van der Waals surface area contributed by atoms with Gasteiger partial charge in [-0.25, -0.2) is 5.43 Å². The van der Waals surface area contributed by atoms with Gasteiger partial charge in [0.05, 0.1) is 6.21 Å². The van der Waals surface area contributed by atoms with Crippen molar-refractivity contribution in [2.75, 3.05) is 0 Å². The summed E-state index contributed by atoms with van der Waals surface area (Å²) in [5.74, 6) is 0.801. The summed E-state index contributed by atoms with van der Waals surface area (Å²) in [5, 5.41) is 4.57. The topological polar surface area (TPSA) is 50.7 Å². The van der Waals surface area contributed by atoms with E-state index in [2.05, 4.69) is 30.4 Å². The van der Waals surface area contributed by atoms with Crippen molar-refractivity contribution < 1.29 is 9.53 Å². The molecule has 0 saturated heterocycles. The van der Waals surface area contributed by atoms with Crippen LogP contribution in [0.15, 0.2) is 47.6 Å². The fourth-order valence-electron chi connectivity index (χ4n) is 2.19. The van der Waals surface area contributed by atoms with Crippen molar-refractivity contribution >= 4 is 23.7 Å². The number of hydrogen-bond donors (Lipinski definition) is 1. The minimum absolute atomic E-state index is 0.312. The number of carbonyl (C=O) groups is 1. The van der Waals surface area contributed by atoms with E-state index in [1.807, 2.05) is 31.2 Å². The average molecular weight is 359 g/mol. The molecule has 0 aliphatic heterocycles. The van der Waals surface area contributed by atoms with E-state index in [1.165, 1.54) is 5.56 Å². The molecule has 0 aliphatic rings. The van der Waals surface area contributed by atoms with Crippen molar-refractivity contribution in [3.63, 3.8) is 0 Å². The number of benzene rings is 2. The fourth-order valence-corrected chi connectivity index (χ4v) is 2.39. The second-order valence-electron chi connectivity index (χ2n) is 6.23. The SMILES string of the molecule is Cc1ccc(C(C)C)cc1OC(C)C(=O)NN=Cc1cccc(Cl)c1. The Hall–Kier alpha value is -2.33.